The van der Waals surface area contributed by atoms with Crippen LogP contribution in [0.3, 0.4) is 0 Å². The van der Waals surface area contributed by atoms with Crippen LogP contribution in [-0.4, -0.2) is 64.5 Å². The Bertz CT molecular complexity index is 1030. The van der Waals surface area contributed by atoms with Crippen molar-refractivity contribution in [3.05, 3.63) is 59.4 Å². The summed E-state index contributed by atoms with van der Waals surface area (Å²) in [4.78, 5) is 22.5. The van der Waals surface area contributed by atoms with E-state index < -0.39 is 0 Å². The lowest BCUT2D eigenvalue weighted by Crippen LogP contribution is -2.46. The van der Waals surface area contributed by atoms with Gasteiger partial charge in [-0.25, -0.2) is 4.98 Å². The van der Waals surface area contributed by atoms with Gasteiger partial charge in [-0.2, -0.15) is 0 Å². The van der Waals surface area contributed by atoms with Gasteiger partial charge in [0.1, 0.15) is 5.82 Å². The molecule has 0 saturated carbocycles. The lowest BCUT2D eigenvalue weighted by Gasteiger charge is -2.33. The van der Waals surface area contributed by atoms with Crippen LogP contribution in [0.4, 0.5) is 5.69 Å². The van der Waals surface area contributed by atoms with Crippen molar-refractivity contribution in [1.82, 2.24) is 19.4 Å². The molecule has 1 aromatic heterocycles. The standard InChI is InChI=1S/C24H31N5O/c1-4-28-13-15-29(16-14-28)12-11-23-26-21-17-19(9-10-22(21)27(23)3)25-24(30)20-8-6-5-7-18(20)2/h5-10,17H,4,11-16H2,1-3H3,(H,25,30). The van der Waals surface area contributed by atoms with E-state index in [-0.39, 0.29) is 5.91 Å². The van der Waals surface area contributed by atoms with Gasteiger partial charge >= 0.3 is 0 Å². The summed E-state index contributed by atoms with van der Waals surface area (Å²) in [5.41, 5.74) is 4.45. The summed E-state index contributed by atoms with van der Waals surface area (Å²) in [6.45, 7) is 10.9. The molecule has 30 heavy (non-hydrogen) atoms. The number of nitrogens with zero attached hydrogens (tertiary/aromatic N) is 4. The second-order valence-electron chi connectivity index (χ2n) is 8.09. The number of benzene rings is 2. The first-order valence-electron chi connectivity index (χ1n) is 10.8. The van der Waals surface area contributed by atoms with Crippen LogP contribution in [0.15, 0.2) is 42.5 Å². The zero-order valence-electron chi connectivity index (χ0n) is 18.2. The second-order valence-corrected chi connectivity index (χ2v) is 8.09. The van der Waals surface area contributed by atoms with Crippen molar-refractivity contribution in [2.45, 2.75) is 20.3 Å². The number of amides is 1. The third-order valence-corrected chi connectivity index (χ3v) is 6.18. The molecule has 2 heterocycles. The summed E-state index contributed by atoms with van der Waals surface area (Å²) in [5.74, 6) is 1.00. The van der Waals surface area contributed by atoms with Gasteiger partial charge in [-0.3, -0.25) is 4.79 Å². The SMILES string of the molecule is CCN1CCN(CCc2nc3cc(NC(=O)c4ccccc4C)ccc3n2C)CC1. The maximum absolute atomic E-state index is 12.6. The Morgan fingerprint density at radius 1 is 1.07 bits per heavy atom. The Hall–Kier alpha value is -2.70. The van der Waals surface area contributed by atoms with Crippen molar-refractivity contribution in [2.75, 3.05) is 44.6 Å². The molecule has 6 nitrogen and oxygen atoms in total. The number of aromatic nitrogens is 2. The molecule has 1 aliphatic rings. The average Bonchev–Trinajstić information content (AvgIpc) is 3.07. The molecule has 1 amide bonds. The van der Waals surface area contributed by atoms with E-state index in [1.165, 1.54) is 0 Å². The smallest absolute Gasteiger partial charge is 0.255 e. The molecule has 0 aliphatic carbocycles. The van der Waals surface area contributed by atoms with Crippen LogP contribution in [0.2, 0.25) is 0 Å². The molecule has 0 spiro atoms. The predicted molar refractivity (Wildman–Crippen MR) is 122 cm³/mol. The summed E-state index contributed by atoms with van der Waals surface area (Å²) >= 11 is 0. The van der Waals surface area contributed by atoms with Crippen LogP contribution >= 0.6 is 0 Å². The highest BCUT2D eigenvalue weighted by atomic mass is 16.1. The van der Waals surface area contributed by atoms with Gasteiger partial charge in [0.15, 0.2) is 0 Å². The van der Waals surface area contributed by atoms with Crippen LogP contribution in [0.5, 0.6) is 0 Å². The highest BCUT2D eigenvalue weighted by molar-refractivity contribution is 6.05. The van der Waals surface area contributed by atoms with Crippen LogP contribution < -0.4 is 5.32 Å². The van der Waals surface area contributed by atoms with Crippen molar-refractivity contribution < 1.29 is 4.79 Å². The Morgan fingerprint density at radius 2 is 1.80 bits per heavy atom. The van der Waals surface area contributed by atoms with Gasteiger partial charge in [-0.15, -0.1) is 0 Å². The zero-order chi connectivity index (χ0) is 21.1. The average molecular weight is 406 g/mol. The Balaban J connectivity index is 1.44. The van der Waals surface area contributed by atoms with Gasteiger partial charge in [0.25, 0.3) is 5.91 Å². The number of anilines is 1. The van der Waals surface area contributed by atoms with E-state index in [1.54, 1.807) is 0 Å². The number of aryl methyl sites for hydroxylation is 2. The van der Waals surface area contributed by atoms with Gasteiger partial charge in [0.05, 0.1) is 11.0 Å². The molecule has 2 aromatic carbocycles. The lowest BCUT2D eigenvalue weighted by atomic mass is 10.1. The number of likely N-dealkylation sites (N-methyl/N-ethyl adjacent to an activating group) is 1. The fraction of sp³-hybridized carbons (Fsp3) is 0.417. The van der Waals surface area contributed by atoms with Crippen molar-refractivity contribution in [2.24, 2.45) is 7.05 Å². The van der Waals surface area contributed by atoms with Crippen molar-refractivity contribution >= 4 is 22.6 Å². The van der Waals surface area contributed by atoms with E-state index >= 15 is 0 Å². The molecule has 0 bridgehead atoms. The van der Waals surface area contributed by atoms with Gasteiger partial charge in [-0.05, 0) is 43.3 Å². The highest BCUT2D eigenvalue weighted by Crippen LogP contribution is 2.21. The third-order valence-electron chi connectivity index (χ3n) is 6.18. The Kier molecular flexibility index (Phi) is 6.16. The number of fused-ring (bicyclic) bond motifs is 1. The number of hydrogen-bond acceptors (Lipinski definition) is 4. The van der Waals surface area contributed by atoms with E-state index in [0.29, 0.717) is 5.56 Å². The molecule has 158 valence electrons. The molecular weight excluding hydrogens is 374 g/mol. The third kappa shape index (κ3) is 4.40. The van der Waals surface area contributed by atoms with E-state index in [0.717, 1.165) is 73.8 Å². The van der Waals surface area contributed by atoms with Gasteiger partial charge in [-0.1, -0.05) is 25.1 Å². The quantitative estimate of drug-likeness (QED) is 0.684. The number of nitrogens with one attached hydrogen (secondary N) is 1. The molecule has 1 saturated heterocycles. The second kappa shape index (κ2) is 8.98. The molecule has 0 atom stereocenters. The number of carbonyl (C=O) groups excluding carboxylic acids is 1. The number of hydrogen-bond donors (Lipinski definition) is 1. The molecule has 0 radical (unpaired) electrons. The maximum atomic E-state index is 12.6. The van der Waals surface area contributed by atoms with Crippen molar-refractivity contribution in [3.63, 3.8) is 0 Å². The zero-order valence-corrected chi connectivity index (χ0v) is 18.2. The molecule has 4 rings (SSSR count). The topological polar surface area (TPSA) is 53.4 Å². The summed E-state index contributed by atoms with van der Waals surface area (Å²) in [7, 11) is 2.07. The largest absolute Gasteiger partial charge is 0.331 e. The van der Waals surface area contributed by atoms with E-state index in [1.807, 2.05) is 49.4 Å². The summed E-state index contributed by atoms with van der Waals surface area (Å²) in [5, 5.41) is 3.01. The molecular formula is C24H31N5O. The molecule has 6 heteroatoms. The van der Waals surface area contributed by atoms with Crippen LogP contribution in [0, 0.1) is 6.92 Å². The maximum Gasteiger partial charge on any atom is 0.255 e. The fourth-order valence-electron chi connectivity index (χ4n) is 4.16. The number of rotatable bonds is 6. The molecule has 1 N–H and O–H groups in total. The first-order chi connectivity index (χ1) is 14.5. The minimum absolute atomic E-state index is 0.0881. The number of imidazole rings is 1. The molecule has 1 aliphatic heterocycles. The van der Waals surface area contributed by atoms with Crippen LogP contribution in [0.1, 0.15) is 28.7 Å². The van der Waals surface area contributed by atoms with Crippen LogP contribution in [-0.2, 0) is 13.5 Å². The minimum Gasteiger partial charge on any atom is -0.331 e. The monoisotopic (exact) mass is 405 g/mol. The van der Waals surface area contributed by atoms with Crippen LogP contribution in [0.25, 0.3) is 11.0 Å². The molecule has 0 unspecified atom stereocenters. The highest BCUT2D eigenvalue weighted by Gasteiger charge is 2.17. The van der Waals surface area contributed by atoms with E-state index in [9.17, 15) is 4.79 Å². The molecule has 1 fully saturated rings. The number of piperazine rings is 1. The summed E-state index contributed by atoms with van der Waals surface area (Å²) in [6.07, 6.45) is 0.933. The predicted octanol–water partition coefficient (Wildman–Crippen LogP) is 3.31. The van der Waals surface area contributed by atoms with Crippen molar-refractivity contribution in [1.29, 1.82) is 0 Å². The first kappa shape index (κ1) is 20.6. The van der Waals surface area contributed by atoms with Gasteiger partial charge in [0.2, 0.25) is 0 Å². The van der Waals surface area contributed by atoms with Crippen molar-refractivity contribution in [3.8, 4) is 0 Å². The lowest BCUT2D eigenvalue weighted by molar-refractivity contribution is 0.102. The van der Waals surface area contributed by atoms with E-state index in [4.69, 9.17) is 4.98 Å². The van der Waals surface area contributed by atoms with Gasteiger partial charge in [0, 0.05) is 57.4 Å². The minimum atomic E-state index is -0.0881. The molecule has 3 aromatic rings. The summed E-state index contributed by atoms with van der Waals surface area (Å²) in [6, 6.07) is 13.6. The van der Waals surface area contributed by atoms with E-state index in [2.05, 4.69) is 33.7 Å². The fourth-order valence-corrected chi connectivity index (χ4v) is 4.16. The number of carbonyl (C=O) groups is 1. The Labute approximate surface area is 178 Å². The first-order valence-corrected chi connectivity index (χ1v) is 10.8. The normalized spacial score (nSPS) is 15.6. The van der Waals surface area contributed by atoms with Gasteiger partial charge < -0.3 is 19.7 Å². The summed E-state index contributed by atoms with van der Waals surface area (Å²) < 4.78 is 2.17. The Morgan fingerprint density at radius 3 is 2.53 bits per heavy atom.